The molecule has 1 aromatic carbocycles. The Morgan fingerprint density at radius 2 is 2.12 bits per heavy atom. The smallest absolute Gasteiger partial charge is 0.407 e. The van der Waals surface area contributed by atoms with Gasteiger partial charge in [-0.25, -0.2) is 4.79 Å². The Labute approximate surface area is 158 Å². The molecule has 6 heteroatoms. The van der Waals surface area contributed by atoms with Crippen LogP contribution in [-0.2, 0) is 4.74 Å². The minimum atomic E-state index is -0.484. The molecule has 0 bridgehead atoms. The molecular weight excluding hydrogens is 384 g/mol. The summed E-state index contributed by atoms with van der Waals surface area (Å²) >= 11 is 3.41. The number of nitrogens with zero attached hydrogens (tertiary/aromatic N) is 1. The molecule has 1 saturated heterocycles. The second kappa shape index (κ2) is 8.70. The highest BCUT2D eigenvalue weighted by Crippen LogP contribution is 2.22. The lowest BCUT2D eigenvalue weighted by Crippen LogP contribution is -2.41. The van der Waals surface area contributed by atoms with E-state index >= 15 is 0 Å². The van der Waals surface area contributed by atoms with E-state index in [2.05, 4.69) is 21.2 Å². The SMILES string of the molecule is CC(C)(C)OC(=O)NCCC1CCCN(C(=O)c2cccc(Br)c2)C1. The van der Waals surface area contributed by atoms with Gasteiger partial charge in [0.1, 0.15) is 5.60 Å². The van der Waals surface area contributed by atoms with Crippen LogP contribution in [0.2, 0.25) is 0 Å². The summed E-state index contributed by atoms with van der Waals surface area (Å²) in [6.45, 7) is 7.64. The number of ether oxygens (including phenoxy) is 1. The van der Waals surface area contributed by atoms with Gasteiger partial charge in [0.05, 0.1) is 0 Å². The molecule has 25 heavy (non-hydrogen) atoms. The van der Waals surface area contributed by atoms with Crippen LogP contribution in [0.25, 0.3) is 0 Å². The van der Waals surface area contributed by atoms with Crippen LogP contribution < -0.4 is 5.32 Å². The number of amides is 2. The van der Waals surface area contributed by atoms with Crippen molar-refractivity contribution in [3.63, 3.8) is 0 Å². The number of nitrogens with one attached hydrogen (secondary N) is 1. The van der Waals surface area contributed by atoms with E-state index in [1.54, 1.807) is 0 Å². The standard InChI is InChI=1S/C19H27BrN2O3/c1-19(2,3)25-18(24)21-10-9-14-6-5-11-22(13-14)17(23)15-7-4-8-16(20)12-15/h4,7-8,12,14H,5-6,9-11,13H2,1-3H3,(H,21,24). The molecule has 0 radical (unpaired) electrons. The molecule has 1 N–H and O–H groups in total. The number of carbonyl (C=O) groups is 2. The molecule has 1 aliphatic rings. The quantitative estimate of drug-likeness (QED) is 0.807. The van der Waals surface area contributed by atoms with Gasteiger partial charge in [-0.1, -0.05) is 22.0 Å². The average molecular weight is 411 g/mol. The number of carbonyl (C=O) groups excluding carboxylic acids is 2. The first-order valence-corrected chi connectivity index (χ1v) is 9.55. The van der Waals surface area contributed by atoms with E-state index in [0.717, 1.165) is 36.8 Å². The third-order valence-electron chi connectivity index (χ3n) is 4.10. The summed E-state index contributed by atoms with van der Waals surface area (Å²) in [4.78, 5) is 26.3. The van der Waals surface area contributed by atoms with E-state index in [-0.39, 0.29) is 12.0 Å². The minimum absolute atomic E-state index is 0.0751. The molecule has 0 aromatic heterocycles. The molecule has 2 rings (SSSR count). The molecule has 0 saturated carbocycles. The summed E-state index contributed by atoms with van der Waals surface area (Å²) in [5.41, 5.74) is 0.226. The van der Waals surface area contributed by atoms with E-state index in [1.807, 2.05) is 49.9 Å². The zero-order chi connectivity index (χ0) is 18.4. The fraction of sp³-hybridized carbons (Fsp3) is 0.579. The highest BCUT2D eigenvalue weighted by atomic mass is 79.9. The van der Waals surface area contributed by atoms with Gasteiger partial charge in [0, 0.05) is 29.7 Å². The lowest BCUT2D eigenvalue weighted by molar-refractivity contribution is 0.0514. The summed E-state index contributed by atoms with van der Waals surface area (Å²) in [5, 5.41) is 2.80. The lowest BCUT2D eigenvalue weighted by Gasteiger charge is -2.33. The van der Waals surface area contributed by atoms with E-state index in [0.29, 0.717) is 18.0 Å². The third-order valence-corrected chi connectivity index (χ3v) is 4.59. The van der Waals surface area contributed by atoms with Crippen molar-refractivity contribution in [2.75, 3.05) is 19.6 Å². The van der Waals surface area contributed by atoms with Crippen LogP contribution >= 0.6 is 15.9 Å². The first-order chi connectivity index (χ1) is 11.7. The summed E-state index contributed by atoms with van der Waals surface area (Å²) in [6.07, 6.45) is 2.54. The maximum atomic E-state index is 12.7. The van der Waals surface area contributed by atoms with Gasteiger partial charge in [0.2, 0.25) is 0 Å². The fourth-order valence-electron chi connectivity index (χ4n) is 2.98. The van der Waals surface area contributed by atoms with E-state index < -0.39 is 5.60 Å². The van der Waals surface area contributed by atoms with Crippen molar-refractivity contribution >= 4 is 27.9 Å². The maximum absolute atomic E-state index is 12.7. The van der Waals surface area contributed by atoms with Crippen molar-refractivity contribution in [2.24, 2.45) is 5.92 Å². The number of likely N-dealkylation sites (tertiary alicyclic amines) is 1. The van der Waals surface area contributed by atoms with Crippen LogP contribution in [0.5, 0.6) is 0 Å². The highest BCUT2D eigenvalue weighted by molar-refractivity contribution is 9.10. The molecule has 1 heterocycles. The zero-order valence-corrected chi connectivity index (χ0v) is 16.8. The summed E-state index contributed by atoms with van der Waals surface area (Å²) in [7, 11) is 0. The molecule has 1 unspecified atom stereocenters. The van der Waals surface area contributed by atoms with Crippen LogP contribution in [0, 0.1) is 5.92 Å². The second-order valence-corrected chi connectivity index (χ2v) is 8.40. The van der Waals surface area contributed by atoms with E-state index in [4.69, 9.17) is 4.74 Å². The molecule has 5 nitrogen and oxygen atoms in total. The van der Waals surface area contributed by atoms with Crippen LogP contribution in [-0.4, -0.2) is 42.1 Å². The van der Waals surface area contributed by atoms with Crippen LogP contribution in [0.15, 0.2) is 28.7 Å². The largest absolute Gasteiger partial charge is 0.444 e. The molecule has 1 fully saturated rings. The predicted molar refractivity (Wildman–Crippen MR) is 102 cm³/mol. The number of hydrogen-bond acceptors (Lipinski definition) is 3. The van der Waals surface area contributed by atoms with Gasteiger partial charge in [-0.05, 0) is 64.2 Å². The van der Waals surface area contributed by atoms with Gasteiger partial charge < -0.3 is 15.0 Å². The van der Waals surface area contributed by atoms with Crippen LogP contribution in [0.1, 0.15) is 50.4 Å². The second-order valence-electron chi connectivity index (χ2n) is 7.49. The molecule has 1 atom stereocenters. The van der Waals surface area contributed by atoms with Crippen molar-refractivity contribution < 1.29 is 14.3 Å². The Kier molecular flexibility index (Phi) is 6.87. The van der Waals surface area contributed by atoms with Crippen molar-refractivity contribution in [1.29, 1.82) is 0 Å². The lowest BCUT2D eigenvalue weighted by atomic mass is 9.94. The number of alkyl carbamates (subject to hydrolysis) is 1. The summed E-state index contributed by atoms with van der Waals surface area (Å²) < 4.78 is 6.15. The third kappa shape index (κ3) is 6.69. The molecule has 0 spiro atoms. The maximum Gasteiger partial charge on any atom is 0.407 e. The molecule has 1 aromatic rings. The summed E-state index contributed by atoms with van der Waals surface area (Å²) in [6, 6.07) is 7.50. The van der Waals surface area contributed by atoms with Crippen molar-refractivity contribution in [3.8, 4) is 0 Å². The number of benzene rings is 1. The highest BCUT2D eigenvalue weighted by Gasteiger charge is 2.24. The van der Waals surface area contributed by atoms with Gasteiger partial charge >= 0.3 is 6.09 Å². The topological polar surface area (TPSA) is 58.6 Å². The van der Waals surface area contributed by atoms with E-state index in [9.17, 15) is 9.59 Å². The number of piperidine rings is 1. The van der Waals surface area contributed by atoms with E-state index in [1.165, 1.54) is 0 Å². The number of hydrogen-bond donors (Lipinski definition) is 1. The first-order valence-electron chi connectivity index (χ1n) is 8.76. The summed E-state index contributed by atoms with van der Waals surface area (Å²) in [5.74, 6) is 0.478. The molecular formula is C19H27BrN2O3. The van der Waals surface area contributed by atoms with Crippen LogP contribution in [0.4, 0.5) is 4.79 Å². The Balaban J connectivity index is 1.80. The molecule has 2 amide bonds. The fourth-order valence-corrected chi connectivity index (χ4v) is 3.38. The molecule has 0 aliphatic carbocycles. The minimum Gasteiger partial charge on any atom is -0.444 e. The zero-order valence-electron chi connectivity index (χ0n) is 15.2. The molecule has 138 valence electrons. The first kappa shape index (κ1) is 19.8. The Morgan fingerprint density at radius 1 is 1.36 bits per heavy atom. The predicted octanol–water partition coefficient (Wildman–Crippen LogP) is 4.22. The Bertz CT molecular complexity index is 613. The number of rotatable bonds is 4. The number of halogens is 1. The van der Waals surface area contributed by atoms with Crippen molar-refractivity contribution in [3.05, 3.63) is 34.3 Å². The van der Waals surface area contributed by atoms with Gasteiger partial charge in [-0.2, -0.15) is 0 Å². The molecule has 1 aliphatic heterocycles. The normalized spacial score (nSPS) is 17.9. The van der Waals surface area contributed by atoms with Gasteiger partial charge in [0.25, 0.3) is 5.91 Å². The van der Waals surface area contributed by atoms with Gasteiger partial charge in [-0.15, -0.1) is 0 Å². The van der Waals surface area contributed by atoms with Crippen molar-refractivity contribution in [1.82, 2.24) is 10.2 Å². The average Bonchev–Trinajstić information content (AvgIpc) is 2.53. The van der Waals surface area contributed by atoms with Gasteiger partial charge in [-0.3, -0.25) is 4.79 Å². The van der Waals surface area contributed by atoms with Crippen LogP contribution in [0.3, 0.4) is 0 Å². The Morgan fingerprint density at radius 3 is 2.80 bits per heavy atom. The van der Waals surface area contributed by atoms with Crippen molar-refractivity contribution in [2.45, 2.75) is 45.6 Å². The van der Waals surface area contributed by atoms with Gasteiger partial charge in [0.15, 0.2) is 0 Å². The monoisotopic (exact) mass is 410 g/mol. The Hall–Kier alpha value is -1.56.